The Bertz CT molecular complexity index is 589. The second-order valence-corrected chi connectivity index (χ2v) is 8.42. The molecule has 0 heterocycles. The molecule has 0 bridgehead atoms. The number of amides is 2. The van der Waals surface area contributed by atoms with E-state index in [4.69, 9.17) is 15.9 Å². The first-order valence-corrected chi connectivity index (χ1v) is 10.3. The number of carbonyl (C=O) groups is 2. The van der Waals surface area contributed by atoms with Crippen LogP contribution in [0.3, 0.4) is 0 Å². The molecule has 1 rings (SSSR count). The number of alkyl halides is 3. The average Bonchev–Trinajstić information content (AvgIpc) is 2.62. The number of terminal acetylenes is 1. The Hall–Kier alpha value is -1.95. The first kappa shape index (κ1) is 26.1. The van der Waals surface area contributed by atoms with Crippen molar-refractivity contribution in [1.29, 1.82) is 0 Å². The van der Waals surface area contributed by atoms with Gasteiger partial charge in [0.05, 0.1) is 6.61 Å². The van der Waals surface area contributed by atoms with Crippen LogP contribution in [0.1, 0.15) is 65.7 Å². The average molecular weight is 434 g/mol. The van der Waals surface area contributed by atoms with Crippen LogP contribution in [-0.2, 0) is 14.3 Å². The van der Waals surface area contributed by atoms with E-state index in [1.165, 1.54) is 0 Å². The third-order valence-corrected chi connectivity index (χ3v) is 4.69. The van der Waals surface area contributed by atoms with Gasteiger partial charge in [-0.05, 0) is 59.3 Å². The number of unbranched alkanes of at least 4 members (excludes halogenated alkanes) is 1. The van der Waals surface area contributed by atoms with Gasteiger partial charge in [0.15, 0.2) is 0 Å². The lowest BCUT2D eigenvalue weighted by Gasteiger charge is -2.38. The van der Waals surface area contributed by atoms with E-state index >= 15 is 0 Å². The van der Waals surface area contributed by atoms with Crippen molar-refractivity contribution in [3.63, 3.8) is 0 Å². The Morgan fingerprint density at radius 1 is 1.10 bits per heavy atom. The monoisotopic (exact) mass is 434 g/mol. The number of nitrogens with one attached hydrogen (secondary N) is 1. The van der Waals surface area contributed by atoms with Crippen LogP contribution in [0, 0.1) is 12.3 Å². The minimum atomic E-state index is -4.89. The third kappa shape index (κ3) is 10.2. The molecule has 6 nitrogen and oxygen atoms in total. The fraction of sp³-hybridized carbons (Fsp3) is 0.810. The number of halogens is 3. The third-order valence-electron chi connectivity index (χ3n) is 4.69. The van der Waals surface area contributed by atoms with Crippen LogP contribution in [0.15, 0.2) is 0 Å². The highest BCUT2D eigenvalue weighted by atomic mass is 19.4. The number of ether oxygens (including phenoxy) is 2. The Balaban J connectivity index is 2.57. The predicted molar refractivity (Wildman–Crippen MR) is 107 cm³/mol. The lowest BCUT2D eigenvalue weighted by atomic mass is 9.90. The van der Waals surface area contributed by atoms with Crippen molar-refractivity contribution in [3.05, 3.63) is 0 Å². The summed E-state index contributed by atoms with van der Waals surface area (Å²) in [6, 6.07) is -0.679. The highest BCUT2D eigenvalue weighted by Gasteiger charge is 2.40. The van der Waals surface area contributed by atoms with E-state index in [1.807, 2.05) is 5.32 Å². The molecule has 1 aliphatic carbocycles. The van der Waals surface area contributed by atoms with Crippen molar-refractivity contribution in [2.75, 3.05) is 19.8 Å². The number of carbonyl (C=O) groups excluding carboxylic acids is 2. The van der Waals surface area contributed by atoms with Crippen molar-refractivity contribution in [3.8, 4) is 12.3 Å². The number of nitrogens with zero attached hydrogens (tertiary/aromatic N) is 1. The molecule has 0 aliphatic heterocycles. The molecule has 0 spiro atoms. The standard InChI is InChI=1S/C21H33F3N2O4/c1-5-6-14-29-15-8-7-13-26(19(28)30-20(2,3)4)17-11-9-16(10-12-17)25-18(27)21(22,23)24/h1,16-17H,6-15H2,2-4H3,(H,25,27). The Labute approximate surface area is 176 Å². The van der Waals surface area contributed by atoms with Crippen molar-refractivity contribution < 1.29 is 32.2 Å². The molecule has 0 aromatic rings. The molecule has 0 aromatic heterocycles. The zero-order chi connectivity index (χ0) is 22.8. The maximum Gasteiger partial charge on any atom is 0.471 e. The van der Waals surface area contributed by atoms with Gasteiger partial charge in [0, 0.05) is 31.7 Å². The van der Waals surface area contributed by atoms with Gasteiger partial charge in [-0.25, -0.2) is 4.79 Å². The normalized spacial score (nSPS) is 19.6. The summed E-state index contributed by atoms with van der Waals surface area (Å²) in [6.07, 6.45) is 3.61. The predicted octanol–water partition coefficient (Wildman–Crippen LogP) is 4.03. The van der Waals surface area contributed by atoms with E-state index in [0.717, 1.165) is 6.42 Å². The van der Waals surface area contributed by atoms with Gasteiger partial charge >= 0.3 is 18.2 Å². The maximum absolute atomic E-state index is 12.7. The Morgan fingerprint density at radius 3 is 2.27 bits per heavy atom. The van der Waals surface area contributed by atoms with Crippen molar-refractivity contribution in [1.82, 2.24) is 10.2 Å². The van der Waals surface area contributed by atoms with E-state index in [1.54, 1.807) is 25.7 Å². The molecule has 0 unspecified atom stereocenters. The molecule has 2 amide bonds. The van der Waals surface area contributed by atoms with Gasteiger partial charge in [0.2, 0.25) is 0 Å². The molecule has 0 radical (unpaired) electrons. The van der Waals surface area contributed by atoms with Crippen molar-refractivity contribution in [2.45, 2.75) is 89.6 Å². The van der Waals surface area contributed by atoms with E-state index in [2.05, 4.69) is 5.92 Å². The highest BCUT2D eigenvalue weighted by molar-refractivity contribution is 5.81. The van der Waals surface area contributed by atoms with Gasteiger partial charge in [-0.1, -0.05) is 0 Å². The van der Waals surface area contributed by atoms with Crippen LogP contribution in [0.2, 0.25) is 0 Å². The van der Waals surface area contributed by atoms with Crippen LogP contribution in [-0.4, -0.2) is 60.5 Å². The lowest BCUT2D eigenvalue weighted by molar-refractivity contribution is -0.174. The molecular formula is C21H33F3N2O4. The number of hydrogen-bond donors (Lipinski definition) is 1. The minimum Gasteiger partial charge on any atom is -0.444 e. The van der Waals surface area contributed by atoms with Gasteiger partial charge in [0.1, 0.15) is 5.60 Å². The van der Waals surface area contributed by atoms with Crippen LogP contribution < -0.4 is 5.32 Å². The molecule has 9 heteroatoms. The molecule has 1 aliphatic rings. The van der Waals surface area contributed by atoms with E-state index in [9.17, 15) is 22.8 Å². The minimum absolute atomic E-state index is 0.138. The van der Waals surface area contributed by atoms with Crippen LogP contribution in [0.4, 0.5) is 18.0 Å². The summed E-state index contributed by atoms with van der Waals surface area (Å²) in [5, 5.41) is 2.03. The summed E-state index contributed by atoms with van der Waals surface area (Å²) in [5.74, 6) is 0.580. The molecule has 0 atom stereocenters. The fourth-order valence-corrected chi connectivity index (χ4v) is 3.26. The fourth-order valence-electron chi connectivity index (χ4n) is 3.26. The lowest BCUT2D eigenvalue weighted by Crippen LogP contribution is -2.49. The Kier molecular flexibility index (Phi) is 10.5. The molecule has 30 heavy (non-hydrogen) atoms. The van der Waals surface area contributed by atoms with E-state index in [-0.39, 0.29) is 6.04 Å². The van der Waals surface area contributed by atoms with Crippen LogP contribution >= 0.6 is 0 Å². The van der Waals surface area contributed by atoms with Gasteiger partial charge in [-0.15, -0.1) is 12.3 Å². The summed E-state index contributed by atoms with van der Waals surface area (Å²) >= 11 is 0. The van der Waals surface area contributed by atoms with Gasteiger partial charge < -0.3 is 19.7 Å². The topological polar surface area (TPSA) is 67.9 Å². The first-order valence-electron chi connectivity index (χ1n) is 10.3. The zero-order valence-electron chi connectivity index (χ0n) is 18.0. The molecule has 0 saturated heterocycles. The van der Waals surface area contributed by atoms with Gasteiger partial charge in [0.25, 0.3) is 0 Å². The number of rotatable bonds is 9. The summed E-state index contributed by atoms with van der Waals surface area (Å²) < 4.78 is 48.3. The Morgan fingerprint density at radius 2 is 1.73 bits per heavy atom. The number of hydrogen-bond acceptors (Lipinski definition) is 4. The molecule has 1 fully saturated rings. The van der Waals surface area contributed by atoms with Gasteiger partial charge in [-0.3, -0.25) is 4.79 Å². The SMILES string of the molecule is C#CCCOCCCCN(C(=O)OC(C)(C)C)C1CCC(NC(=O)C(F)(F)F)CC1. The molecule has 1 saturated carbocycles. The van der Waals surface area contributed by atoms with Crippen LogP contribution in [0.5, 0.6) is 0 Å². The van der Waals surface area contributed by atoms with E-state index in [0.29, 0.717) is 58.3 Å². The summed E-state index contributed by atoms with van der Waals surface area (Å²) in [6.45, 7) is 6.86. The summed E-state index contributed by atoms with van der Waals surface area (Å²) in [4.78, 5) is 25.5. The van der Waals surface area contributed by atoms with Crippen LogP contribution in [0.25, 0.3) is 0 Å². The van der Waals surface area contributed by atoms with Crippen molar-refractivity contribution in [2.24, 2.45) is 0 Å². The summed E-state index contributed by atoms with van der Waals surface area (Å²) in [7, 11) is 0. The molecule has 0 aromatic carbocycles. The quantitative estimate of drug-likeness (QED) is 0.439. The second kappa shape index (κ2) is 12.0. The van der Waals surface area contributed by atoms with E-state index < -0.39 is 29.8 Å². The van der Waals surface area contributed by atoms with Crippen molar-refractivity contribution >= 4 is 12.0 Å². The maximum atomic E-state index is 12.7. The second-order valence-electron chi connectivity index (χ2n) is 8.42. The highest BCUT2D eigenvalue weighted by Crippen LogP contribution is 2.26. The molecular weight excluding hydrogens is 401 g/mol. The largest absolute Gasteiger partial charge is 0.471 e. The van der Waals surface area contributed by atoms with Gasteiger partial charge in [-0.2, -0.15) is 13.2 Å². The zero-order valence-corrected chi connectivity index (χ0v) is 18.0. The summed E-state index contributed by atoms with van der Waals surface area (Å²) in [5.41, 5.74) is -0.647. The first-order chi connectivity index (χ1) is 13.9. The molecule has 172 valence electrons. The molecule has 1 N–H and O–H groups in total. The smallest absolute Gasteiger partial charge is 0.444 e.